The predicted molar refractivity (Wildman–Crippen MR) is 94.9 cm³/mol. The van der Waals surface area contributed by atoms with Crippen LogP contribution in [0, 0.1) is 0 Å². The molecule has 1 aromatic heterocycles. The van der Waals surface area contributed by atoms with Crippen LogP contribution in [0.2, 0.25) is 0 Å². The van der Waals surface area contributed by atoms with Crippen LogP contribution in [-0.2, 0) is 14.6 Å². The van der Waals surface area contributed by atoms with E-state index < -0.39 is 15.5 Å². The topological polar surface area (TPSA) is 93.9 Å². The fourth-order valence-electron chi connectivity index (χ4n) is 3.40. The van der Waals surface area contributed by atoms with Crippen molar-refractivity contribution in [1.29, 1.82) is 0 Å². The Morgan fingerprint density at radius 1 is 1.15 bits per heavy atom. The summed E-state index contributed by atoms with van der Waals surface area (Å²) in [5, 5.41) is 0.763. The van der Waals surface area contributed by atoms with E-state index in [4.69, 9.17) is 9.15 Å². The SMILES string of the molecule is O=C(COc1ccc2ccc(=O)oc2c1)N(C1CC1)[C@H]1CCS(=O)(=O)C1. The van der Waals surface area contributed by atoms with Crippen molar-refractivity contribution in [1.82, 2.24) is 4.90 Å². The largest absolute Gasteiger partial charge is 0.484 e. The lowest BCUT2D eigenvalue weighted by molar-refractivity contribution is -0.135. The number of carbonyl (C=O) groups is 1. The van der Waals surface area contributed by atoms with Crippen molar-refractivity contribution in [2.24, 2.45) is 0 Å². The monoisotopic (exact) mass is 377 g/mol. The van der Waals surface area contributed by atoms with E-state index in [1.165, 1.54) is 6.07 Å². The molecule has 0 radical (unpaired) electrons. The Morgan fingerprint density at radius 3 is 2.62 bits per heavy atom. The molecule has 2 fully saturated rings. The standard InChI is InChI=1S/C18H19NO6S/c20-17(19(13-3-4-13)14-7-8-26(22,23)11-14)10-24-15-5-1-12-2-6-18(21)25-16(12)9-15/h1-2,5-6,9,13-14H,3-4,7-8,10-11H2/t14-/m0/s1. The summed E-state index contributed by atoms with van der Waals surface area (Å²) in [5.41, 5.74) is -0.0588. The molecule has 1 aromatic carbocycles. The van der Waals surface area contributed by atoms with Crippen molar-refractivity contribution in [3.05, 3.63) is 40.8 Å². The minimum absolute atomic E-state index is 0.0381. The first-order valence-electron chi connectivity index (χ1n) is 8.60. The Labute approximate surface area is 150 Å². The number of hydrogen-bond acceptors (Lipinski definition) is 6. The molecule has 1 amide bonds. The van der Waals surface area contributed by atoms with Crippen molar-refractivity contribution < 1.29 is 22.4 Å². The number of ether oxygens (including phenoxy) is 1. The zero-order valence-electron chi connectivity index (χ0n) is 14.1. The molecule has 1 aliphatic heterocycles. The average Bonchev–Trinajstić information content (AvgIpc) is 3.36. The Bertz CT molecular complexity index is 1010. The molecule has 2 heterocycles. The third kappa shape index (κ3) is 3.60. The zero-order valence-corrected chi connectivity index (χ0v) is 14.9. The first kappa shape index (κ1) is 17.1. The van der Waals surface area contributed by atoms with Gasteiger partial charge in [0, 0.05) is 29.6 Å². The summed E-state index contributed by atoms with van der Waals surface area (Å²) < 4.78 is 34.2. The summed E-state index contributed by atoms with van der Waals surface area (Å²) in [6.45, 7) is -0.171. The highest BCUT2D eigenvalue weighted by atomic mass is 32.2. The van der Waals surface area contributed by atoms with Gasteiger partial charge in [0.15, 0.2) is 16.4 Å². The van der Waals surface area contributed by atoms with Crippen molar-refractivity contribution >= 4 is 26.7 Å². The van der Waals surface area contributed by atoms with E-state index in [9.17, 15) is 18.0 Å². The lowest BCUT2D eigenvalue weighted by Gasteiger charge is -2.28. The molecule has 1 saturated carbocycles. The third-order valence-electron chi connectivity index (χ3n) is 4.79. The van der Waals surface area contributed by atoms with E-state index >= 15 is 0 Å². The van der Waals surface area contributed by atoms with E-state index in [1.54, 1.807) is 29.2 Å². The second-order valence-electron chi connectivity index (χ2n) is 6.83. The number of amides is 1. The van der Waals surface area contributed by atoms with Crippen LogP contribution >= 0.6 is 0 Å². The van der Waals surface area contributed by atoms with Gasteiger partial charge in [-0.1, -0.05) is 0 Å². The van der Waals surface area contributed by atoms with Crippen molar-refractivity contribution in [2.75, 3.05) is 18.1 Å². The molecule has 4 rings (SSSR count). The second kappa shape index (κ2) is 6.42. The number of rotatable bonds is 5. The molecule has 0 unspecified atom stereocenters. The van der Waals surface area contributed by atoms with Crippen LogP contribution in [0.3, 0.4) is 0 Å². The van der Waals surface area contributed by atoms with Crippen LogP contribution in [0.4, 0.5) is 0 Å². The van der Waals surface area contributed by atoms with Crippen LogP contribution in [0.5, 0.6) is 5.75 Å². The molecular weight excluding hydrogens is 358 g/mol. The highest BCUT2D eigenvalue weighted by Crippen LogP contribution is 2.32. The molecule has 2 aliphatic rings. The van der Waals surface area contributed by atoms with Gasteiger partial charge in [0.25, 0.3) is 5.91 Å². The molecule has 0 bridgehead atoms. The number of benzene rings is 1. The van der Waals surface area contributed by atoms with E-state index in [-0.39, 0.29) is 36.1 Å². The molecular formula is C18H19NO6S. The maximum absolute atomic E-state index is 12.6. The number of hydrogen-bond donors (Lipinski definition) is 0. The molecule has 138 valence electrons. The average molecular weight is 377 g/mol. The minimum atomic E-state index is -3.05. The summed E-state index contributed by atoms with van der Waals surface area (Å²) >= 11 is 0. The van der Waals surface area contributed by atoms with Gasteiger partial charge in [0.2, 0.25) is 0 Å². The fraction of sp³-hybridized carbons (Fsp3) is 0.444. The van der Waals surface area contributed by atoms with E-state index in [2.05, 4.69) is 0 Å². The highest BCUT2D eigenvalue weighted by Gasteiger charge is 2.42. The maximum Gasteiger partial charge on any atom is 0.336 e. The van der Waals surface area contributed by atoms with Gasteiger partial charge in [-0.3, -0.25) is 4.79 Å². The van der Waals surface area contributed by atoms with Gasteiger partial charge in [0.05, 0.1) is 11.5 Å². The van der Waals surface area contributed by atoms with Gasteiger partial charge in [0.1, 0.15) is 11.3 Å². The van der Waals surface area contributed by atoms with Gasteiger partial charge >= 0.3 is 5.63 Å². The van der Waals surface area contributed by atoms with Gasteiger partial charge in [-0.25, -0.2) is 13.2 Å². The quantitative estimate of drug-likeness (QED) is 0.730. The molecule has 1 saturated heterocycles. The second-order valence-corrected chi connectivity index (χ2v) is 9.06. The Balaban J connectivity index is 1.46. The first-order valence-corrected chi connectivity index (χ1v) is 10.4. The minimum Gasteiger partial charge on any atom is -0.484 e. The molecule has 1 aliphatic carbocycles. The smallest absolute Gasteiger partial charge is 0.336 e. The van der Waals surface area contributed by atoms with Gasteiger partial charge in [-0.2, -0.15) is 0 Å². The Kier molecular flexibility index (Phi) is 4.22. The zero-order chi connectivity index (χ0) is 18.3. The van der Waals surface area contributed by atoms with E-state index in [0.717, 1.165) is 18.2 Å². The van der Waals surface area contributed by atoms with Crippen molar-refractivity contribution in [3.8, 4) is 5.75 Å². The normalized spacial score (nSPS) is 21.6. The summed E-state index contributed by atoms with van der Waals surface area (Å²) in [4.78, 5) is 25.7. The molecule has 26 heavy (non-hydrogen) atoms. The summed E-state index contributed by atoms with van der Waals surface area (Å²) in [6.07, 6.45) is 2.30. The first-order chi connectivity index (χ1) is 12.4. The number of sulfone groups is 1. The maximum atomic E-state index is 12.6. The van der Waals surface area contributed by atoms with Crippen LogP contribution in [0.15, 0.2) is 39.5 Å². The lowest BCUT2D eigenvalue weighted by atomic mass is 10.2. The number of carbonyl (C=O) groups excluding carboxylic acids is 1. The third-order valence-corrected chi connectivity index (χ3v) is 6.54. The number of nitrogens with zero attached hydrogens (tertiary/aromatic N) is 1. The van der Waals surface area contributed by atoms with Crippen LogP contribution in [-0.4, -0.2) is 49.4 Å². The molecule has 7 nitrogen and oxygen atoms in total. The lowest BCUT2D eigenvalue weighted by Crippen LogP contribution is -2.45. The molecule has 2 aromatic rings. The van der Waals surface area contributed by atoms with Gasteiger partial charge in [-0.15, -0.1) is 0 Å². The molecule has 0 N–H and O–H groups in total. The van der Waals surface area contributed by atoms with E-state index in [1.807, 2.05) is 0 Å². The van der Waals surface area contributed by atoms with Gasteiger partial charge in [-0.05, 0) is 37.5 Å². The summed E-state index contributed by atoms with van der Waals surface area (Å²) in [5.74, 6) is 0.397. The highest BCUT2D eigenvalue weighted by molar-refractivity contribution is 7.91. The molecule has 0 spiro atoms. The Hall–Kier alpha value is -2.35. The van der Waals surface area contributed by atoms with Crippen molar-refractivity contribution in [3.63, 3.8) is 0 Å². The van der Waals surface area contributed by atoms with Gasteiger partial charge < -0.3 is 14.1 Å². The summed E-state index contributed by atoms with van der Waals surface area (Å²) in [6, 6.07) is 7.90. The predicted octanol–water partition coefficient (Wildman–Crippen LogP) is 1.35. The van der Waals surface area contributed by atoms with Crippen LogP contribution in [0.1, 0.15) is 19.3 Å². The number of fused-ring (bicyclic) bond motifs is 1. The Morgan fingerprint density at radius 2 is 1.92 bits per heavy atom. The van der Waals surface area contributed by atoms with Crippen molar-refractivity contribution in [2.45, 2.75) is 31.3 Å². The van der Waals surface area contributed by atoms with Crippen LogP contribution in [0.25, 0.3) is 11.0 Å². The molecule has 8 heteroatoms. The fourth-order valence-corrected chi connectivity index (χ4v) is 5.11. The van der Waals surface area contributed by atoms with E-state index in [0.29, 0.717) is 17.8 Å². The van der Waals surface area contributed by atoms with Crippen LogP contribution < -0.4 is 10.4 Å². The summed E-state index contributed by atoms with van der Waals surface area (Å²) in [7, 11) is -3.05. The molecule has 1 atom stereocenters.